The van der Waals surface area contributed by atoms with Crippen LogP contribution in [0.25, 0.3) is 0 Å². The zero-order valence-electron chi connectivity index (χ0n) is 16.8. The molecule has 1 aliphatic rings. The average molecular weight is 395 g/mol. The van der Waals surface area contributed by atoms with Crippen molar-refractivity contribution < 1.29 is 8.42 Å². The molecule has 26 heavy (non-hydrogen) atoms. The lowest BCUT2D eigenvalue weighted by Gasteiger charge is -2.41. The van der Waals surface area contributed by atoms with Gasteiger partial charge in [0, 0.05) is 11.3 Å². The molecule has 1 atom stereocenters. The van der Waals surface area contributed by atoms with Crippen LogP contribution in [0.3, 0.4) is 0 Å². The highest BCUT2D eigenvalue weighted by Gasteiger charge is 2.36. The molecule has 0 aliphatic heterocycles. The zero-order chi connectivity index (χ0) is 19.8. The van der Waals surface area contributed by atoms with E-state index in [1.807, 2.05) is 18.2 Å². The molecule has 0 spiro atoms. The van der Waals surface area contributed by atoms with Crippen molar-refractivity contribution in [1.29, 1.82) is 0 Å². The summed E-state index contributed by atoms with van der Waals surface area (Å²) in [5.74, 6) is 0. The molecule has 2 rings (SSSR count). The molecule has 0 radical (unpaired) electrons. The Bertz CT molecular complexity index is 814. The van der Waals surface area contributed by atoms with Crippen LogP contribution in [0.4, 0.5) is 0 Å². The minimum atomic E-state index is -3.12. The number of benzene rings is 1. The van der Waals surface area contributed by atoms with Crippen molar-refractivity contribution in [2.24, 2.45) is 10.8 Å². The maximum atomic E-state index is 11.7. The van der Waals surface area contributed by atoms with E-state index >= 15 is 0 Å². The first-order valence-corrected chi connectivity index (χ1v) is 11.4. The normalized spacial score (nSPS) is 21.6. The molecule has 0 heterocycles. The summed E-state index contributed by atoms with van der Waals surface area (Å²) in [6.07, 6.45) is 9.80. The first-order valence-electron chi connectivity index (χ1n) is 9.08. The Kier molecular flexibility index (Phi) is 5.85. The lowest BCUT2D eigenvalue weighted by molar-refractivity contribution is 0.172. The molecule has 0 N–H and O–H groups in total. The van der Waals surface area contributed by atoms with Gasteiger partial charge in [-0.2, -0.15) is 0 Å². The SMILES string of the molecule is CC(C)(CC1(C)C=CC(S(C)(=O)=O)=CC1)CC(C)(C)c1ccc(Cl)cc1. The monoisotopic (exact) mass is 394 g/mol. The van der Waals surface area contributed by atoms with Gasteiger partial charge >= 0.3 is 0 Å². The van der Waals surface area contributed by atoms with E-state index in [1.165, 1.54) is 11.8 Å². The van der Waals surface area contributed by atoms with Gasteiger partial charge in [-0.3, -0.25) is 0 Å². The molecule has 0 aromatic heterocycles. The van der Waals surface area contributed by atoms with Crippen molar-refractivity contribution in [2.45, 2.75) is 59.3 Å². The maximum absolute atomic E-state index is 11.7. The summed E-state index contributed by atoms with van der Waals surface area (Å²) in [5.41, 5.74) is 1.42. The van der Waals surface area contributed by atoms with Crippen LogP contribution in [0, 0.1) is 10.8 Å². The predicted octanol–water partition coefficient (Wildman–Crippen LogP) is 6.32. The molecule has 0 bridgehead atoms. The van der Waals surface area contributed by atoms with E-state index in [4.69, 9.17) is 11.6 Å². The summed E-state index contributed by atoms with van der Waals surface area (Å²) < 4.78 is 23.4. The van der Waals surface area contributed by atoms with Gasteiger partial charge in [-0.05, 0) is 59.3 Å². The molecule has 1 unspecified atom stereocenters. The molecule has 1 aliphatic carbocycles. The third-order valence-electron chi connectivity index (χ3n) is 5.28. The molecule has 0 saturated heterocycles. The van der Waals surface area contributed by atoms with Crippen LogP contribution < -0.4 is 0 Å². The molecular formula is C22H31ClO2S. The van der Waals surface area contributed by atoms with Crippen LogP contribution in [0.5, 0.6) is 0 Å². The van der Waals surface area contributed by atoms with E-state index in [-0.39, 0.29) is 16.2 Å². The Morgan fingerprint density at radius 3 is 2.15 bits per heavy atom. The van der Waals surface area contributed by atoms with Crippen molar-refractivity contribution in [2.75, 3.05) is 6.26 Å². The Labute approximate surface area is 164 Å². The van der Waals surface area contributed by atoms with Crippen molar-refractivity contribution in [1.82, 2.24) is 0 Å². The summed E-state index contributed by atoms with van der Waals surface area (Å²) in [5, 5.41) is 0.761. The third kappa shape index (κ3) is 5.47. The van der Waals surface area contributed by atoms with Gasteiger partial charge < -0.3 is 0 Å². The summed E-state index contributed by atoms with van der Waals surface area (Å²) in [4.78, 5) is 0.439. The van der Waals surface area contributed by atoms with Crippen molar-refractivity contribution in [3.05, 3.63) is 58.0 Å². The lowest BCUT2D eigenvalue weighted by atomic mass is 9.64. The molecule has 0 fully saturated rings. The molecule has 1 aromatic rings. The number of hydrogen-bond donors (Lipinski definition) is 0. The van der Waals surface area contributed by atoms with Gasteiger partial charge in [-0.15, -0.1) is 0 Å². The van der Waals surface area contributed by atoms with Crippen molar-refractivity contribution >= 4 is 21.4 Å². The number of hydrogen-bond acceptors (Lipinski definition) is 2. The quantitative estimate of drug-likeness (QED) is 0.565. The molecule has 144 valence electrons. The summed E-state index contributed by atoms with van der Waals surface area (Å²) in [7, 11) is -3.12. The predicted molar refractivity (Wildman–Crippen MR) is 112 cm³/mol. The first-order chi connectivity index (χ1) is 11.7. The van der Waals surface area contributed by atoms with Gasteiger partial charge in [0.15, 0.2) is 9.84 Å². The topological polar surface area (TPSA) is 34.1 Å². The fourth-order valence-electron chi connectivity index (χ4n) is 4.51. The van der Waals surface area contributed by atoms with Crippen LogP contribution >= 0.6 is 11.6 Å². The minimum absolute atomic E-state index is 0.0201. The first kappa shape index (κ1) is 21.2. The standard InChI is InChI=1S/C22H31ClO2S/c1-20(2,15-21(3,4)17-7-9-18(23)10-8-17)16-22(5)13-11-19(12-14-22)26(6,24)25/h7-13H,14-16H2,1-6H3. The number of halogens is 1. The van der Waals surface area contributed by atoms with Gasteiger partial charge in [0.25, 0.3) is 0 Å². The average Bonchev–Trinajstić information content (AvgIpc) is 2.44. The van der Waals surface area contributed by atoms with E-state index in [9.17, 15) is 8.42 Å². The van der Waals surface area contributed by atoms with Crippen LogP contribution in [0.1, 0.15) is 59.4 Å². The molecule has 0 saturated carbocycles. The molecule has 1 aromatic carbocycles. The fourth-order valence-corrected chi connectivity index (χ4v) is 5.34. The largest absolute Gasteiger partial charge is 0.224 e. The maximum Gasteiger partial charge on any atom is 0.175 e. The van der Waals surface area contributed by atoms with Gasteiger partial charge in [-0.25, -0.2) is 8.42 Å². The highest BCUT2D eigenvalue weighted by atomic mass is 35.5. The highest BCUT2D eigenvalue weighted by Crippen LogP contribution is 2.46. The lowest BCUT2D eigenvalue weighted by Crippen LogP contribution is -2.31. The summed E-state index contributed by atoms with van der Waals surface area (Å²) >= 11 is 6.03. The Balaban J connectivity index is 2.12. The van der Waals surface area contributed by atoms with Gasteiger partial charge in [0.1, 0.15) is 0 Å². The second-order valence-corrected chi connectivity index (χ2v) is 11.9. The van der Waals surface area contributed by atoms with Gasteiger partial charge in [0.2, 0.25) is 0 Å². The van der Waals surface area contributed by atoms with Crippen LogP contribution in [-0.4, -0.2) is 14.7 Å². The van der Waals surface area contributed by atoms with Crippen molar-refractivity contribution in [3.8, 4) is 0 Å². The number of allylic oxidation sites excluding steroid dienone is 3. The smallest absolute Gasteiger partial charge is 0.175 e. The molecule has 0 amide bonds. The Morgan fingerprint density at radius 1 is 1.12 bits per heavy atom. The number of rotatable bonds is 6. The highest BCUT2D eigenvalue weighted by molar-refractivity contribution is 7.94. The Morgan fingerprint density at radius 2 is 1.69 bits per heavy atom. The van der Waals surface area contributed by atoms with Crippen molar-refractivity contribution in [3.63, 3.8) is 0 Å². The van der Waals surface area contributed by atoms with Gasteiger partial charge in [0.05, 0.1) is 4.91 Å². The van der Waals surface area contributed by atoms with Gasteiger partial charge in [-0.1, -0.05) is 70.5 Å². The Hall–Kier alpha value is -1.06. The van der Waals surface area contributed by atoms with E-state index in [0.717, 1.165) is 24.3 Å². The molecule has 4 heteroatoms. The second kappa shape index (κ2) is 7.16. The number of sulfone groups is 1. The van der Waals surface area contributed by atoms with E-state index < -0.39 is 9.84 Å². The second-order valence-electron chi connectivity index (χ2n) is 9.48. The third-order valence-corrected chi connectivity index (χ3v) is 6.69. The minimum Gasteiger partial charge on any atom is -0.224 e. The fraction of sp³-hybridized carbons (Fsp3) is 0.545. The van der Waals surface area contributed by atoms with E-state index in [1.54, 1.807) is 6.08 Å². The van der Waals surface area contributed by atoms with E-state index in [2.05, 4.69) is 52.8 Å². The molecular weight excluding hydrogens is 364 g/mol. The zero-order valence-corrected chi connectivity index (χ0v) is 18.3. The summed E-state index contributed by atoms with van der Waals surface area (Å²) in [6, 6.07) is 8.13. The van der Waals surface area contributed by atoms with Crippen LogP contribution in [0.15, 0.2) is 47.4 Å². The summed E-state index contributed by atoms with van der Waals surface area (Å²) in [6.45, 7) is 11.4. The van der Waals surface area contributed by atoms with Crippen LogP contribution in [-0.2, 0) is 15.3 Å². The van der Waals surface area contributed by atoms with E-state index in [0.29, 0.717) is 4.91 Å². The van der Waals surface area contributed by atoms with Crippen LogP contribution in [0.2, 0.25) is 5.02 Å². The molecule has 2 nitrogen and oxygen atoms in total.